The van der Waals surface area contributed by atoms with Crippen molar-refractivity contribution >= 4 is 0 Å². The SMILES string of the molecule is CN(C)CC(Oc1ccc(CCO)cc1)C1(O)CCCCC1. The van der Waals surface area contributed by atoms with Crippen molar-refractivity contribution in [2.45, 2.75) is 50.2 Å². The maximum absolute atomic E-state index is 11.0. The molecule has 1 atom stereocenters. The number of nitrogens with zero attached hydrogens (tertiary/aromatic N) is 1. The Kier molecular flexibility index (Phi) is 6.24. The Labute approximate surface area is 133 Å². The Bertz CT molecular complexity index is 438. The average molecular weight is 307 g/mol. The summed E-state index contributed by atoms with van der Waals surface area (Å²) in [4.78, 5) is 2.07. The van der Waals surface area contributed by atoms with E-state index in [9.17, 15) is 5.11 Å². The van der Waals surface area contributed by atoms with Gasteiger partial charge in [0.2, 0.25) is 0 Å². The van der Waals surface area contributed by atoms with Gasteiger partial charge in [0.25, 0.3) is 0 Å². The summed E-state index contributed by atoms with van der Waals surface area (Å²) in [5.74, 6) is 0.785. The van der Waals surface area contributed by atoms with Crippen LogP contribution < -0.4 is 4.74 Å². The van der Waals surface area contributed by atoms with Crippen LogP contribution in [-0.4, -0.2) is 54.1 Å². The third-order valence-corrected chi connectivity index (χ3v) is 4.45. The van der Waals surface area contributed by atoms with Gasteiger partial charge in [-0.1, -0.05) is 31.4 Å². The molecule has 1 aliphatic carbocycles. The number of likely N-dealkylation sites (N-methyl/N-ethyl adjacent to an activating group) is 1. The van der Waals surface area contributed by atoms with Gasteiger partial charge in [-0.25, -0.2) is 0 Å². The summed E-state index contributed by atoms with van der Waals surface area (Å²) in [6, 6.07) is 7.81. The molecule has 0 heterocycles. The van der Waals surface area contributed by atoms with Crippen molar-refractivity contribution in [2.24, 2.45) is 0 Å². The number of aliphatic hydroxyl groups excluding tert-OH is 1. The smallest absolute Gasteiger partial charge is 0.140 e. The standard InChI is InChI=1S/C18H29NO3/c1-19(2)14-17(18(21)11-4-3-5-12-18)22-16-8-6-15(7-9-16)10-13-20/h6-9,17,20-21H,3-5,10-14H2,1-2H3. The van der Waals surface area contributed by atoms with Crippen LogP contribution in [0.4, 0.5) is 0 Å². The summed E-state index contributed by atoms with van der Waals surface area (Å²) in [6.07, 6.45) is 5.41. The number of rotatable bonds is 7. The quantitative estimate of drug-likeness (QED) is 0.811. The van der Waals surface area contributed by atoms with Gasteiger partial charge >= 0.3 is 0 Å². The minimum atomic E-state index is -0.730. The third kappa shape index (κ3) is 4.70. The highest BCUT2D eigenvalue weighted by molar-refractivity contribution is 5.28. The van der Waals surface area contributed by atoms with Crippen molar-refractivity contribution in [2.75, 3.05) is 27.2 Å². The van der Waals surface area contributed by atoms with Gasteiger partial charge in [-0.05, 0) is 51.1 Å². The summed E-state index contributed by atoms with van der Waals surface area (Å²) in [5.41, 5.74) is 0.363. The Morgan fingerprint density at radius 2 is 1.77 bits per heavy atom. The third-order valence-electron chi connectivity index (χ3n) is 4.45. The first-order chi connectivity index (χ1) is 10.5. The number of hydrogen-bond acceptors (Lipinski definition) is 4. The fourth-order valence-corrected chi connectivity index (χ4v) is 3.16. The molecule has 1 aromatic carbocycles. The second-order valence-corrected chi connectivity index (χ2v) is 6.65. The van der Waals surface area contributed by atoms with Crippen molar-refractivity contribution in [1.29, 1.82) is 0 Å². The van der Waals surface area contributed by atoms with E-state index >= 15 is 0 Å². The van der Waals surface area contributed by atoms with Crippen LogP contribution in [0.1, 0.15) is 37.7 Å². The van der Waals surface area contributed by atoms with Crippen molar-refractivity contribution in [3.8, 4) is 5.75 Å². The van der Waals surface area contributed by atoms with E-state index in [0.717, 1.165) is 37.0 Å². The number of ether oxygens (including phenoxy) is 1. The molecule has 0 spiro atoms. The van der Waals surface area contributed by atoms with Gasteiger partial charge in [0, 0.05) is 13.2 Å². The van der Waals surface area contributed by atoms with Crippen LogP contribution in [0.15, 0.2) is 24.3 Å². The monoisotopic (exact) mass is 307 g/mol. The zero-order valence-electron chi connectivity index (χ0n) is 13.8. The van der Waals surface area contributed by atoms with Gasteiger partial charge in [-0.15, -0.1) is 0 Å². The van der Waals surface area contributed by atoms with Crippen molar-refractivity contribution in [3.63, 3.8) is 0 Å². The Morgan fingerprint density at radius 3 is 2.32 bits per heavy atom. The van der Waals surface area contributed by atoms with Crippen LogP contribution in [0, 0.1) is 0 Å². The second kappa shape index (κ2) is 7.95. The summed E-state index contributed by atoms with van der Waals surface area (Å²) in [5, 5.41) is 20.0. The van der Waals surface area contributed by atoms with E-state index in [1.807, 2.05) is 38.4 Å². The Hall–Kier alpha value is -1.10. The van der Waals surface area contributed by atoms with Crippen molar-refractivity contribution < 1.29 is 14.9 Å². The molecule has 0 saturated heterocycles. The fraction of sp³-hybridized carbons (Fsp3) is 0.667. The normalized spacial score (nSPS) is 19.1. The van der Waals surface area contributed by atoms with E-state index in [1.165, 1.54) is 6.42 Å². The molecule has 1 aliphatic rings. The lowest BCUT2D eigenvalue weighted by molar-refractivity contribution is -0.0915. The largest absolute Gasteiger partial charge is 0.486 e. The fourth-order valence-electron chi connectivity index (χ4n) is 3.16. The topological polar surface area (TPSA) is 52.9 Å². The maximum Gasteiger partial charge on any atom is 0.140 e. The molecule has 4 nitrogen and oxygen atoms in total. The first kappa shape index (κ1) is 17.3. The van der Waals surface area contributed by atoms with E-state index in [4.69, 9.17) is 9.84 Å². The zero-order chi connectivity index (χ0) is 16.0. The number of hydrogen-bond donors (Lipinski definition) is 2. The van der Waals surface area contributed by atoms with Crippen LogP contribution in [-0.2, 0) is 6.42 Å². The van der Waals surface area contributed by atoms with Gasteiger partial charge in [0.05, 0.1) is 0 Å². The van der Waals surface area contributed by atoms with Crippen LogP contribution in [0.3, 0.4) is 0 Å². The van der Waals surface area contributed by atoms with Crippen molar-refractivity contribution in [3.05, 3.63) is 29.8 Å². The van der Waals surface area contributed by atoms with Crippen LogP contribution in [0.5, 0.6) is 5.75 Å². The molecular weight excluding hydrogens is 278 g/mol. The Balaban J connectivity index is 2.08. The summed E-state index contributed by atoms with van der Waals surface area (Å²) in [7, 11) is 4.01. The lowest BCUT2D eigenvalue weighted by atomic mass is 9.80. The Morgan fingerprint density at radius 1 is 1.14 bits per heavy atom. The summed E-state index contributed by atoms with van der Waals surface area (Å²) >= 11 is 0. The first-order valence-electron chi connectivity index (χ1n) is 8.27. The van der Waals surface area contributed by atoms with Gasteiger partial charge in [0.15, 0.2) is 0 Å². The molecule has 1 saturated carbocycles. The van der Waals surface area contributed by atoms with E-state index in [2.05, 4.69) is 4.90 Å². The lowest BCUT2D eigenvalue weighted by Crippen LogP contribution is -2.51. The highest BCUT2D eigenvalue weighted by Gasteiger charge is 2.39. The minimum Gasteiger partial charge on any atom is -0.486 e. The molecule has 0 radical (unpaired) electrons. The molecule has 2 rings (SSSR count). The van der Waals surface area contributed by atoms with Gasteiger partial charge in [-0.2, -0.15) is 0 Å². The molecule has 0 aliphatic heterocycles. The predicted molar refractivity (Wildman–Crippen MR) is 88.2 cm³/mol. The van der Waals surface area contributed by atoms with Crippen LogP contribution in [0.25, 0.3) is 0 Å². The first-order valence-corrected chi connectivity index (χ1v) is 8.27. The number of aliphatic hydroxyl groups is 2. The van der Waals surface area contributed by atoms with Gasteiger partial charge in [0.1, 0.15) is 17.5 Å². The predicted octanol–water partition coefficient (Wildman–Crippen LogP) is 2.23. The molecule has 0 aromatic heterocycles. The van der Waals surface area contributed by atoms with Gasteiger partial charge < -0.3 is 19.8 Å². The van der Waals surface area contributed by atoms with Crippen LogP contribution in [0.2, 0.25) is 0 Å². The highest BCUT2D eigenvalue weighted by Crippen LogP contribution is 2.33. The van der Waals surface area contributed by atoms with E-state index in [0.29, 0.717) is 13.0 Å². The average Bonchev–Trinajstić information content (AvgIpc) is 2.49. The van der Waals surface area contributed by atoms with Crippen LogP contribution >= 0.6 is 0 Å². The molecule has 1 aromatic rings. The van der Waals surface area contributed by atoms with Crippen molar-refractivity contribution in [1.82, 2.24) is 4.90 Å². The highest BCUT2D eigenvalue weighted by atomic mass is 16.5. The molecule has 4 heteroatoms. The molecule has 0 bridgehead atoms. The van der Waals surface area contributed by atoms with E-state index < -0.39 is 5.60 Å². The summed E-state index contributed by atoms with van der Waals surface area (Å²) in [6.45, 7) is 0.859. The van der Waals surface area contributed by atoms with E-state index in [-0.39, 0.29) is 12.7 Å². The van der Waals surface area contributed by atoms with Gasteiger partial charge in [-0.3, -0.25) is 0 Å². The molecule has 124 valence electrons. The molecule has 22 heavy (non-hydrogen) atoms. The zero-order valence-corrected chi connectivity index (χ0v) is 13.8. The number of benzene rings is 1. The minimum absolute atomic E-state index is 0.156. The molecule has 2 N–H and O–H groups in total. The lowest BCUT2D eigenvalue weighted by Gasteiger charge is -2.40. The molecule has 0 amide bonds. The second-order valence-electron chi connectivity index (χ2n) is 6.65. The molecule has 1 unspecified atom stereocenters. The summed E-state index contributed by atoms with van der Waals surface area (Å²) < 4.78 is 6.15. The maximum atomic E-state index is 11.0. The van der Waals surface area contributed by atoms with E-state index in [1.54, 1.807) is 0 Å². The molecular formula is C18H29NO3. The molecule has 1 fully saturated rings.